The van der Waals surface area contributed by atoms with E-state index in [4.69, 9.17) is 13.6 Å². The Morgan fingerprint density at radius 2 is 1.33 bits per heavy atom. The molecule has 5 aromatic rings. The summed E-state index contributed by atoms with van der Waals surface area (Å²) in [5.74, 6) is -1.39. The molecule has 0 fully saturated rings. The maximum atomic E-state index is 13.3. The molecule has 2 heterocycles. The van der Waals surface area contributed by atoms with Gasteiger partial charge in [0.2, 0.25) is 0 Å². The summed E-state index contributed by atoms with van der Waals surface area (Å²) in [6, 6.07) is 16.8. The first-order valence-electron chi connectivity index (χ1n) is 10.9. The van der Waals surface area contributed by atoms with E-state index in [1.165, 1.54) is 0 Å². The van der Waals surface area contributed by atoms with Crippen LogP contribution in [0.25, 0.3) is 21.9 Å². The number of benzene rings is 3. The Hall–Kier alpha value is -3.06. The molecule has 9 heteroatoms. The molecule has 0 aliphatic carbocycles. The Balaban J connectivity index is 1.90. The number of halogens is 2. The van der Waals surface area contributed by atoms with Crippen LogP contribution in [-0.4, -0.2) is 16.8 Å². The molecular formula is C27H18I2O7. The Labute approximate surface area is 231 Å². The highest BCUT2D eigenvalue weighted by Gasteiger charge is 2.32. The van der Waals surface area contributed by atoms with E-state index in [9.17, 15) is 19.8 Å². The van der Waals surface area contributed by atoms with Gasteiger partial charge in [-0.2, -0.15) is 0 Å². The lowest BCUT2D eigenvalue weighted by molar-refractivity contribution is 0.339. The van der Waals surface area contributed by atoms with Crippen LogP contribution in [0.3, 0.4) is 0 Å². The summed E-state index contributed by atoms with van der Waals surface area (Å²) in [6.07, 6.45) is 0. The van der Waals surface area contributed by atoms with Crippen molar-refractivity contribution < 1.29 is 23.8 Å². The van der Waals surface area contributed by atoms with E-state index in [2.05, 4.69) is 45.2 Å². The predicted octanol–water partition coefficient (Wildman–Crippen LogP) is 6.10. The van der Waals surface area contributed by atoms with E-state index >= 15 is 0 Å². The highest BCUT2D eigenvalue weighted by atomic mass is 127. The monoisotopic (exact) mass is 708 g/mol. The number of rotatable bonds is 5. The second kappa shape index (κ2) is 9.77. The third-order valence-corrected chi connectivity index (χ3v) is 7.17. The summed E-state index contributed by atoms with van der Waals surface area (Å²) >= 11 is 4.18. The normalized spacial score (nSPS) is 11.4. The van der Waals surface area contributed by atoms with Gasteiger partial charge in [0.05, 0.1) is 34.4 Å². The lowest BCUT2D eigenvalue weighted by atomic mass is 9.84. The summed E-state index contributed by atoms with van der Waals surface area (Å²) in [4.78, 5) is 26.6. The second-order valence-electron chi connectivity index (χ2n) is 8.02. The minimum atomic E-state index is -1.21. The molecule has 0 aliphatic rings. The van der Waals surface area contributed by atoms with Crippen molar-refractivity contribution in [3.63, 3.8) is 0 Å². The smallest absolute Gasteiger partial charge is 0.344 e. The standard InChI is InChI=1S/C27H18I2O7/c1-2-34-16-5-3-4-13(10-16)21(22-24(30)17-11-14(28)6-8-19(17)35-26(22)32)23-25(31)18-12-15(29)7-9-20(18)36-27(23)33/h3-12,21,30-31H,2H2,1H3. The van der Waals surface area contributed by atoms with E-state index in [0.717, 1.165) is 7.14 Å². The molecule has 0 amide bonds. The van der Waals surface area contributed by atoms with Gasteiger partial charge in [0.1, 0.15) is 28.4 Å². The third-order valence-electron chi connectivity index (χ3n) is 5.83. The molecule has 0 spiro atoms. The molecule has 0 unspecified atom stereocenters. The second-order valence-corrected chi connectivity index (χ2v) is 10.5. The largest absolute Gasteiger partial charge is 0.507 e. The van der Waals surface area contributed by atoms with Crippen molar-refractivity contribution in [1.82, 2.24) is 0 Å². The Kier molecular flexibility index (Phi) is 6.68. The van der Waals surface area contributed by atoms with Gasteiger partial charge in [0.15, 0.2) is 0 Å². The first-order valence-corrected chi connectivity index (χ1v) is 13.1. The maximum absolute atomic E-state index is 13.3. The van der Waals surface area contributed by atoms with Crippen molar-refractivity contribution in [1.29, 1.82) is 0 Å². The zero-order chi connectivity index (χ0) is 25.6. The Bertz CT molecular complexity index is 1650. The topological polar surface area (TPSA) is 110 Å². The number of hydrogen-bond acceptors (Lipinski definition) is 7. The first-order chi connectivity index (χ1) is 17.3. The Morgan fingerprint density at radius 3 is 1.83 bits per heavy atom. The molecule has 7 nitrogen and oxygen atoms in total. The zero-order valence-electron chi connectivity index (χ0n) is 18.7. The van der Waals surface area contributed by atoms with Gasteiger partial charge in [0, 0.05) is 7.14 Å². The van der Waals surface area contributed by atoms with Gasteiger partial charge in [-0.1, -0.05) is 12.1 Å². The fourth-order valence-electron chi connectivity index (χ4n) is 4.28. The van der Waals surface area contributed by atoms with Crippen LogP contribution in [-0.2, 0) is 0 Å². The van der Waals surface area contributed by atoms with Crippen molar-refractivity contribution in [3.05, 3.63) is 105 Å². The van der Waals surface area contributed by atoms with Crippen molar-refractivity contribution in [2.45, 2.75) is 12.8 Å². The van der Waals surface area contributed by atoms with Gasteiger partial charge in [-0.3, -0.25) is 0 Å². The molecule has 2 aromatic heterocycles. The minimum absolute atomic E-state index is 0.189. The highest BCUT2D eigenvalue weighted by molar-refractivity contribution is 14.1. The van der Waals surface area contributed by atoms with Gasteiger partial charge in [-0.05, 0) is 106 Å². The van der Waals surface area contributed by atoms with Gasteiger partial charge in [-0.15, -0.1) is 0 Å². The van der Waals surface area contributed by atoms with Crippen LogP contribution in [0.4, 0.5) is 0 Å². The van der Waals surface area contributed by atoms with Crippen LogP contribution in [0.2, 0.25) is 0 Å². The van der Waals surface area contributed by atoms with Crippen LogP contribution in [0.5, 0.6) is 17.2 Å². The number of fused-ring (bicyclic) bond motifs is 2. The van der Waals surface area contributed by atoms with E-state index in [-0.39, 0.29) is 33.8 Å². The molecule has 182 valence electrons. The first kappa shape index (κ1) is 24.6. The molecule has 2 N–H and O–H groups in total. The van der Waals surface area contributed by atoms with Gasteiger partial charge in [0.25, 0.3) is 0 Å². The van der Waals surface area contributed by atoms with Crippen LogP contribution in [0.1, 0.15) is 29.5 Å². The molecule has 0 saturated heterocycles. The van der Waals surface area contributed by atoms with E-state index in [0.29, 0.717) is 28.7 Å². The molecule has 36 heavy (non-hydrogen) atoms. The zero-order valence-corrected chi connectivity index (χ0v) is 23.1. The molecule has 0 saturated carbocycles. The van der Waals surface area contributed by atoms with E-state index in [1.54, 1.807) is 60.7 Å². The van der Waals surface area contributed by atoms with Crippen molar-refractivity contribution in [2.24, 2.45) is 0 Å². The van der Waals surface area contributed by atoms with Crippen molar-refractivity contribution in [3.8, 4) is 17.2 Å². The average molecular weight is 708 g/mol. The molecule has 0 bridgehead atoms. The Morgan fingerprint density at radius 1 is 0.806 bits per heavy atom. The van der Waals surface area contributed by atoms with Crippen LogP contribution in [0, 0.1) is 7.14 Å². The summed E-state index contributed by atoms with van der Waals surface area (Å²) < 4.78 is 18.4. The molecule has 0 atom stereocenters. The molecule has 3 aromatic carbocycles. The third kappa shape index (κ3) is 4.34. The highest BCUT2D eigenvalue weighted by Crippen LogP contribution is 2.42. The number of hydrogen-bond donors (Lipinski definition) is 2. The lowest BCUT2D eigenvalue weighted by Crippen LogP contribution is -2.21. The van der Waals surface area contributed by atoms with Crippen LogP contribution >= 0.6 is 45.2 Å². The molecule has 5 rings (SSSR count). The van der Waals surface area contributed by atoms with Crippen molar-refractivity contribution >= 4 is 67.1 Å². The van der Waals surface area contributed by atoms with E-state index < -0.39 is 17.2 Å². The predicted molar refractivity (Wildman–Crippen MR) is 152 cm³/mol. The SMILES string of the molecule is CCOc1cccc(C(c2c(O)c3cc(I)ccc3oc2=O)c2c(O)c3cc(I)ccc3oc2=O)c1. The van der Waals surface area contributed by atoms with Gasteiger partial charge >= 0.3 is 11.3 Å². The minimum Gasteiger partial charge on any atom is -0.507 e. The van der Waals surface area contributed by atoms with E-state index in [1.807, 2.05) is 6.92 Å². The molecule has 0 radical (unpaired) electrons. The summed E-state index contributed by atoms with van der Waals surface area (Å²) in [5, 5.41) is 23.3. The fourth-order valence-corrected chi connectivity index (χ4v) is 5.27. The molecule has 0 aliphatic heterocycles. The summed E-state index contributed by atoms with van der Waals surface area (Å²) in [6.45, 7) is 2.23. The maximum Gasteiger partial charge on any atom is 0.344 e. The number of ether oxygens (including phenoxy) is 1. The molecular weight excluding hydrogens is 690 g/mol. The van der Waals surface area contributed by atoms with Crippen molar-refractivity contribution in [2.75, 3.05) is 6.61 Å². The summed E-state index contributed by atoms with van der Waals surface area (Å²) in [5.41, 5.74) is -1.22. The van der Waals surface area contributed by atoms with Gasteiger partial charge in [-0.25, -0.2) is 9.59 Å². The average Bonchev–Trinajstić information content (AvgIpc) is 2.84. The van der Waals surface area contributed by atoms with Crippen LogP contribution in [0.15, 0.2) is 79.1 Å². The fraction of sp³-hybridized carbons (Fsp3) is 0.111. The van der Waals surface area contributed by atoms with Gasteiger partial charge < -0.3 is 23.8 Å². The lowest BCUT2D eigenvalue weighted by Gasteiger charge is -2.20. The quantitative estimate of drug-likeness (QED) is 0.168. The number of aromatic hydroxyl groups is 2. The van der Waals surface area contributed by atoms with Crippen LogP contribution < -0.4 is 16.0 Å². The summed E-state index contributed by atoms with van der Waals surface area (Å²) in [7, 11) is 0.